The zero-order chi connectivity index (χ0) is 17.2. The Hall–Kier alpha value is -1.93. The Morgan fingerprint density at radius 3 is 2.71 bits per heavy atom. The average Bonchev–Trinajstić information content (AvgIpc) is 3.08. The fourth-order valence-corrected chi connectivity index (χ4v) is 4.63. The quantitative estimate of drug-likeness (QED) is 0.826. The van der Waals surface area contributed by atoms with Gasteiger partial charge in [-0.1, -0.05) is 0 Å². The molecule has 24 heavy (non-hydrogen) atoms. The first-order valence-electron chi connectivity index (χ1n) is 7.82. The minimum absolute atomic E-state index is 0.115. The third kappa shape index (κ3) is 3.44. The first-order valence-corrected chi connectivity index (χ1v) is 9.26. The molecule has 0 amide bonds. The Morgan fingerprint density at radius 1 is 1.33 bits per heavy atom. The molecule has 0 radical (unpaired) electrons. The first kappa shape index (κ1) is 16.9. The molecule has 1 aromatic heterocycles. The van der Waals surface area contributed by atoms with Crippen molar-refractivity contribution in [2.75, 3.05) is 20.2 Å². The molecule has 1 fully saturated rings. The number of hydrogen-bond donors (Lipinski definition) is 0. The number of rotatable bonds is 5. The summed E-state index contributed by atoms with van der Waals surface area (Å²) in [6.07, 6.45) is 5.13. The molecular formula is C16H20FN3O3S. The Bertz CT molecular complexity index is 785. The number of sulfonamides is 1. The van der Waals surface area contributed by atoms with E-state index in [2.05, 4.69) is 5.10 Å². The molecule has 3 rings (SSSR count). The minimum Gasteiger partial charge on any atom is -0.495 e. The standard InChI is InChI=1S/C16H20FN3O3S/c1-23-15-4-3-14(17)11-16(15)24(21,22)20-9-5-13(6-10-20)12-19-8-2-7-18-19/h2-4,7-8,11,13H,5-6,9-10,12H2,1H3. The third-order valence-corrected chi connectivity index (χ3v) is 6.24. The smallest absolute Gasteiger partial charge is 0.246 e. The van der Waals surface area contributed by atoms with Gasteiger partial charge in [-0.2, -0.15) is 9.40 Å². The summed E-state index contributed by atoms with van der Waals surface area (Å²) in [5, 5.41) is 4.18. The lowest BCUT2D eigenvalue weighted by Crippen LogP contribution is -2.39. The normalized spacial score (nSPS) is 17.1. The average molecular weight is 353 g/mol. The SMILES string of the molecule is COc1ccc(F)cc1S(=O)(=O)N1CCC(Cn2cccn2)CC1. The molecule has 0 aliphatic carbocycles. The Kier molecular flexibility index (Phi) is 4.86. The zero-order valence-corrected chi connectivity index (χ0v) is 14.2. The van der Waals surface area contributed by atoms with Gasteiger partial charge in [0, 0.05) is 32.0 Å². The molecule has 2 aromatic rings. The topological polar surface area (TPSA) is 64.4 Å². The monoisotopic (exact) mass is 353 g/mol. The summed E-state index contributed by atoms with van der Waals surface area (Å²) in [4.78, 5) is -0.115. The van der Waals surface area contributed by atoms with Gasteiger partial charge in [0.15, 0.2) is 0 Å². The van der Waals surface area contributed by atoms with E-state index in [1.807, 2.05) is 16.9 Å². The van der Waals surface area contributed by atoms with Gasteiger partial charge in [0.1, 0.15) is 16.5 Å². The van der Waals surface area contributed by atoms with Crippen molar-refractivity contribution in [1.82, 2.24) is 14.1 Å². The number of benzene rings is 1. The summed E-state index contributed by atoms with van der Waals surface area (Å²) < 4.78 is 47.5. The van der Waals surface area contributed by atoms with Crippen LogP contribution < -0.4 is 4.74 Å². The fourth-order valence-electron chi connectivity index (χ4n) is 3.00. The van der Waals surface area contributed by atoms with Gasteiger partial charge in [-0.05, 0) is 43.0 Å². The number of methoxy groups -OCH3 is 1. The maximum Gasteiger partial charge on any atom is 0.246 e. The van der Waals surface area contributed by atoms with E-state index in [0.29, 0.717) is 19.0 Å². The highest BCUT2D eigenvalue weighted by Gasteiger charge is 2.32. The summed E-state index contributed by atoms with van der Waals surface area (Å²) in [6, 6.07) is 5.42. The molecule has 1 aliphatic heterocycles. The van der Waals surface area contributed by atoms with E-state index in [4.69, 9.17) is 4.74 Å². The van der Waals surface area contributed by atoms with E-state index in [9.17, 15) is 12.8 Å². The van der Waals surface area contributed by atoms with E-state index in [-0.39, 0.29) is 10.6 Å². The molecule has 0 spiro atoms. The van der Waals surface area contributed by atoms with Crippen molar-refractivity contribution in [3.05, 3.63) is 42.5 Å². The predicted octanol–water partition coefficient (Wildman–Crippen LogP) is 2.13. The Morgan fingerprint density at radius 2 is 2.08 bits per heavy atom. The molecule has 0 bridgehead atoms. The van der Waals surface area contributed by atoms with E-state index < -0.39 is 15.8 Å². The van der Waals surface area contributed by atoms with Crippen molar-refractivity contribution < 1.29 is 17.5 Å². The first-order chi connectivity index (χ1) is 11.5. The maximum absolute atomic E-state index is 13.5. The number of nitrogens with zero attached hydrogens (tertiary/aromatic N) is 3. The van der Waals surface area contributed by atoms with Crippen molar-refractivity contribution in [1.29, 1.82) is 0 Å². The zero-order valence-electron chi connectivity index (χ0n) is 13.4. The lowest BCUT2D eigenvalue weighted by molar-refractivity contribution is 0.246. The predicted molar refractivity (Wildman–Crippen MR) is 86.7 cm³/mol. The van der Waals surface area contributed by atoms with Crippen LogP contribution in [0.3, 0.4) is 0 Å². The lowest BCUT2D eigenvalue weighted by atomic mass is 9.98. The van der Waals surface area contributed by atoms with Crippen molar-refractivity contribution in [3.8, 4) is 5.75 Å². The highest BCUT2D eigenvalue weighted by molar-refractivity contribution is 7.89. The van der Waals surface area contributed by atoms with Crippen LogP contribution in [0.2, 0.25) is 0 Å². The van der Waals surface area contributed by atoms with Gasteiger partial charge < -0.3 is 4.74 Å². The second kappa shape index (κ2) is 6.90. The van der Waals surface area contributed by atoms with Crippen molar-refractivity contribution in [3.63, 3.8) is 0 Å². The van der Waals surface area contributed by atoms with Gasteiger partial charge in [0.05, 0.1) is 7.11 Å². The second-order valence-corrected chi connectivity index (χ2v) is 7.78. The third-order valence-electron chi connectivity index (χ3n) is 4.32. The van der Waals surface area contributed by atoms with E-state index in [1.165, 1.54) is 23.5 Å². The van der Waals surface area contributed by atoms with Crippen molar-refractivity contribution in [2.45, 2.75) is 24.3 Å². The molecule has 0 unspecified atom stereocenters. The Balaban J connectivity index is 1.72. The molecule has 0 saturated carbocycles. The largest absolute Gasteiger partial charge is 0.495 e. The molecular weight excluding hydrogens is 333 g/mol. The molecule has 2 heterocycles. The van der Waals surface area contributed by atoms with Crippen molar-refractivity contribution in [2.24, 2.45) is 5.92 Å². The van der Waals surface area contributed by atoms with Crippen LogP contribution >= 0.6 is 0 Å². The van der Waals surface area contributed by atoms with E-state index >= 15 is 0 Å². The summed E-state index contributed by atoms with van der Waals surface area (Å²) in [6.45, 7) is 1.60. The molecule has 1 saturated heterocycles. The fraction of sp³-hybridized carbons (Fsp3) is 0.438. The van der Waals surface area contributed by atoms with Gasteiger partial charge in [0.25, 0.3) is 0 Å². The van der Waals surface area contributed by atoms with Crippen LogP contribution in [-0.2, 0) is 16.6 Å². The van der Waals surface area contributed by atoms with Crippen LogP contribution in [0.1, 0.15) is 12.8 Å². The van der Waals surface area contributed by atoms with Crippen molar-refractivity contribution >= 4 is 10.0 Å². The van der Waals surface area contributed by atoms with E-state index in [0.717, 1.165) is 25.5 Å². The molecule has 1 aliphatic rings. The van der Waals surface area contributed by atoms with Gasteiger partial charge >= 0.3 is 0 Å². The van der Waals surface area contributed by atoms with Crippen LogP contribution in [0.4, 0.5) is 4.39 Å². The minimum atomic E-state index is -3.77. The molecule has 6 nitrogen and oxygen atoms in total. The number of hydrogen-bond acceptors (Lipinski definition) is 4. The van der Waals surface area contributed by atoms with E-state index in [1.54, 1.807) is 6.20 Å². The van der Waals surface area contributed by atoms with Gasteiger partial charge in [-0.15, -0.1) is 0 Å². The number of aromatic nitrogens is 2. The lowest BCUT2D eigenvalue weighted by Gasteiger charge is -2.31. The number of piperidine rings is 1. The Labute approximate surface area is 140 Å². The van der Waals surface area contributed by atoms with Gasteiger partial charge in [-0.25, -0.2) is 12.8 Å². The summed E-state index contributed by atoms with van der Waals surface area (Å²) in [5.41, 5.74) is 0. The number of ether oxygens (including phenoxy) is 1. The maximum atomic E-state index is 13.5. The van der Waals surface area contributed by atoms with Crippen LogP contribution in [-0.4, -0.2) is 42.7 Å². The molecule has 0 atom stereocenters. The molecule has 8 heteroatoms. The summed E-state index contributed by atoms with van der Waals surface area (Å²) >= 11 is 0. The van der Waals surface area contributed by atoms with Gasteiger partial charge in [-0.3, -0.25) is 4.68 Å². The highest BCUT2D eigenvalue weighted by Crippen LogP contribution is 2.30. The number of halogens is 1. The second-order valence-electron chi connectivity index (χ2n) is 5.87. The van der Waals surface area contributed by atoms with Crippen LogP contribution in [0.5, 0.6) is 5.75 Å². The van der Waals surface area contributed by atoms with Gasteiger partial charge in [0.2, 0.25) is 10.0 Å². The molecule has 130 valence electrons. The molecule has 0 N–H and O–H groups in total. The van der Waals surface area contributed by atoms with Crippen LogP contribution in [0.25, 0.3) is 0 Å². The summed E-state index contributed by atoms with van der Waals surface area (Å²) in [5.74, 6) is -0.0521. The molecule has 1 aromatic carbocycles. The highest BCUT2D eigenvalue weighted by atomic mass is 32.2. The summed E-state index contributed by atoms with van der Waals surface area (Å²) in [7, 11) is -2.39. The van der Waals surface area contributed by atoms with Crippen LogP contribution in [0, 0.1) is 11.7 Å². The van der Waals surface area contributed by atoms with Crippen LogP contribution in [0.15, 0.2) is 41.6 Å².